The van der Waals surface area contributed by atoms with Gasteiger partial charge in [-0.25, -0.2) is 14.4 Å². The maximum Gasteiger partial charge on any atom is 0.231 e. The highest BCUT2D eigenvalue weighted by Crippen LogP contribution is 2.37. The van der Waals surface area contributed by atoms with Gasteiger partial charge in [0.1, 0.15) is 22.6 Å². The number of hydrogen-bond acceptors (Lipinski definition) is 7. The molecule has 1 aliphatic heterocycles. The van der Waals surface area contributed by atoms with Crippen LogP contribution in [0.25, 0.3) is 11.1 Å². The second kappa shape index (κ2) is 12.7. The van der Waals surface area contributed by atoms with Gasteiger partial charge in [-0.1, -0.05) is 38.4 Å². The molecule has 0 unspecified atom stereocenters. The summed E-state index contributed by atoms with van der Waals surface area (Å²) in [6.07, 6.45) is 5.49. The molecule has 0 bridgehead atoms. The quantitative estimate of drug-likeness (QED) is 0.136. The van der Waals surface area contributed by atoms with E-state index in [1.807, 2.05) is 18.2 Å². The molecular weight excluding hydrogens is 571 g/mol. The molecule has 0 saturated carbocycles. The first-order chi connectivity index (χ1) is 19.8. The molecule has 0 spiro atoms. The minimum absolute atomic E-state index is 0.0495. The molecule has 3 heterocycles. The third kappa shape index (κ3) is 7.23. The monoisotopic (exact) mass is 608 g/mol. The van der Waals surface area contributed by atoms with E-state index in [1.54, 1.807) is 37.7 Å². The smallest absolute Gasteiger partial charge is 0.231 e. The molecule has 0 aliphatic carbocycles. The number of benzene rings is 1. The molecule has 2 aromatic heterocycles. The van der Waals surface area contributed by atoms with Crippen LogP contribution in [0.5, 0.6) is 0 Å². The Labute approximate surface area is 253 Å². The maximum absolute atomic E-state index is 15.5. The molecule has 1 amide bonds. The van der Waals surface area contributed by atoms with Gasteiger partial charge in [0.2, 0.25) is 5.91 Å². The van der Waals surface area contributed by atoms with E-state index in [-0.39, 0.29) is 29.1 Å². The Hall–Kier alpha value is -3.60. The number of aromatic nitrogens is 2. The van der Waals surface area contributed by atoms with Gasteiger partial charge in [-0.2, -0.15) is 0 Å². The van der Waals surface area contributed by atoms with Crippen molar-refractivity contribution in [1.82, 2.24) is 15.3 Å². The first-order valence-electron chi connectivity index (χ1n) is 13.9. The van der Waals surface area contributed by atoms with E-state index in [1.165, 1.54) is 11.0 Å². The minimum Gasteiger partial charge on any atom is -0.411 e. The molecule has 8 nitrogen and oxygen atoms in total. The van der Waals surface area contributed by atoms with E-state index in [9.17, 15) is 4.79 Å². The van der Waals surface area contributed by atoms with Crippen LogP contribution in [-0.2, 0) is 22.1 Å². The lowest BCUT2D eigenvalue weighted by molar-refractivity contribution is -0.117. The normalized spacial score (nSPS) is 13.6. The zero-order chi connectivity index (χ0) is 30.7. The van der Waals surface area contributed by atoms with Crippen molar-refractivity contribution in [2.45, 2.75) is 51.7 Å². The second-order valence-electron chi connectivity index (χ2n) is 11.8. The minimum atomic E-state index is -1.97. The fraction of sp³-hybridized carbons (Fsp3) is 0.355. The fourth-order valence-electron chi connectivity index (χ4n) is 4.40. The first-order valence-corrected chi connectivity index (χ1v) is 17.1. The van der Waals surface area contributed by atoms with E-state index in [0.717, 1.165) is 11.1 Å². The lowest BCUT2D eigenvalue weighted by Crippen LogP contribution is -2.42. The average molecular weight is 609 g/mol. The summed E-state index contributed by atoms with van der Waals surface area (Å²) in [7, 11) is -0.215. The number of nitrogens with one attached hydrogen (secondary N) is 3. The van der Waals surface area contributed by atoms with Crippen molar-refractivity contribution in [1.29, 1.82) is 5.41 Å². The highest BCUT2D eigenvalue weighted by Gasteiger charge is 2.37. The van der Waals surface area contributed by atoms with Gasteiger partial charge in [-0.3, -0.25) is 4.79 Å². The van der Waals surface area contributed by atoms with Gasteiger partial charge in [0, 0.05) is 32.1 Å². The molecule has 222 valence electrons. The molecule has 4 rings (SSSR count). The molecule has 0 saturated heterocycles. The number of halogens is 2. The maximum atomic E-state index is 15.5. The summed E-state index contributed by atoms with van der Waals surface area (Å²) in [4.78, 5) is 23.0. The number of amides is 1. The highest BCUT2D eigenvalue weighted by atomic mass is 35.5. The van der Waals surface area contributed by atoms with Crippen molar-refractivity contribution in [3.63, 3.8) is 0 Å². The number of pyridine rings is 2. The summed E-state index contributed by atoms with van der Waals surface area (Å²) in [5.41, 5.74) is 3.49. The topological polar surface area (TPSA) is 103 Å². The lowest BCUT2D eigenvalue weighted by Gasteiger charge is -2.36. The van der Waals surface area contributed by atoms with Gasteiger partial charge >= 0.3 is 0 Å². The number of fused-ring (bicyclic) bond motifs is 1. The van der Waals surface area contributed by atoms with Crippen LogP contribution < -0.4 is 15.5 Å². The molecule has 11 heteroatoms. The second-order valence-corrected chi connectivity index (χ2v) is 17.0. The van der Waals surface area contributed by atoms with E-state index >= 15 is 4.39 Å². The van der Waals surface area contributed by atoms with Crippen LogP contribution in [0.1, 0.15) is 31.9 Å². The van der Waals surface area contributed by atoms with E-state index in [2.05, 4.69) is 54.5 Å². The summed E-state index contributed by atoms with van der Waals surface area (Å²) < 4.78 is 21.7. The number of nitrogens with zero attached hydrogens (tertiary/aromatic N) is 3. The molecule has 1 aromatic carbocycles. The van der Waals surface area contributed by atoms with Crippen molar-refractivity contribution >= 4 is 43.0 Å². The molecule has 42 heavy (non-hydrogen) atoms. The molecule has 3 aromatic rings. The zero-order valence-electron chi connectivity index (χ0n) is 24.9. The van der Waals surface area contributed by atoms with Gasteiger partial charge in [0.05, 0.1) is 24.4 Å². The molecular formula is C31H38ClFN6O2Si. The van der Waals surface area contributed by atoms with Crippen molar-refractivity contribution in [2.24, 2.45) is 0 Å². The Morgan fingerprint density at radius 1 is 1.19 bits per heavy atom. The van der Waals surface area contributed by atoms with E-state index in [4.69, 9.17) is 21.4 Å². The molecule has 3 N–H and O–H groups in total. The standard InChI is InChI=1S/C31H38ClFN6O2Si/c1-31(2,3)42(5,6)41-19-24(34)18-26(35-4)38-27-16-20(9-12-36-27)23-14-21-10-13-39(29(21)25(33)15-23)28(40)17-22-8-7-11-37-30(22)32/h7-9,11-12,14-16,18,34-35H,10,13,17,19H2,1-6H3,(H,36,38)/b26-18+,34-24?. The van der Waals surface area contributed by atoms with Crippen molar-refractivity contribution in [3.05, 3.63) is 82.8 Å². The zero-order valence-corrected chi connectivity index (χ0v) is 26.7. The number of carbonyl (C=O) groups is 1. The van der Waals surface area contributed by atoms with Crippen molar-refractivity contribution in [2.75, 3.05) is 30.4 Å². The van der Waals surface area contributed by atoms with Gasteiger partial charge in [0.25, 0.3) is 0 Å². The summed E-state index contributed by atoms with van der Waals surface area (Å²) in [6.45, 7) is 11.4. The fourth-order valence-corrected chi connectivity index (χ4v) is 5.53. The Balaban J connectivity index is 1.48. The average Bonchev–Trinajstić information content (AvgIpc) is 3.37. The first kappa shape index (κ1) is 31.3. The number of hydrogen-bond donors (Lipinski definition) is 3. The molecule has 0 radical (unpaired) electrons. The Kier molecular flexibility index (Phi) is 9.49. The van der Waals surface area contributed by atoms with Crippen molar-refractivity contribution < 1.29 is 13.6 Å². The van der Waals surface area contributed by atoms with Crippen LogP contribution in [-0.4, -0.2) is 50.1 Å². The highest BCUT2D eigenvalue weighted by molar-refractivity contribution is 6.74. The van der Waals surface area contributed by atoms with Crippen LogP contribution in [0.4, 0.5) is 15.9 Å². The number of carbonyl (C=O) groups excluding carboxylic acids is 1. The van der Waals surface area contributed by atoms with Gasteiger partial charge in [-0.05, 0) is 77.1 Å². The molecule has 0 fully saturated rings. The van der Waals surface area contributed by atoms with Crippen LogP contribution in [0.2, 0.25) is 23.3 Å². The number of rotatable bonds is 10. The lowest BCUT2D eigenvalue weighted by atomic mass is 10.0. The SMILES string of the molecule is CN/C(=C\C(=N)CO[Si](C)(C)C(C)(C)C)Nc1cc(-c2cc(F)c3c(c2)CCN3C(=O)Cc2cccnc2Cl)ccn1. The molecule has 1 aliphatic rings. The van der Waals surface area contributed by atoms with E-state index < -0.39 is 14.1 Å². The number of anilines is 2. The predicted octanol–water partition coefficient (Wildman–Crippen LogP) is 6.58. The van der Waals surface area contributed by atoms with Crippen LogP contribution in [0.3, 0.4) is 0 Å². The van der Waals surface area contributed by atoms with Gasteiger partial charge in [0.15, 0.2) is 8.32 Å². The largest absolute Gasteiger partial charge is 0.411 e. The van der Waals surface area contributed by atoms with Crippen LogP contribution >= 0.6 is 11.6 Å². The third-order valence-corrected chi connectivity index (χ3v) is 12.7. The van der Waals surface area contributed by atoms with Gasteiger partial charge in [-0.15, -0.1) is 0 Å². The summed E-state index contributed by atoms with van der Waals surface area (Å²) in [5.74, 6) is 0.448. The predicted molar refractivity (Wildman–Crippen MR) is 170 cm³/mol. The Morgan fingerprint density at radius 3 is 2.64 bits per heavy atom. The Bertz CT molecular complexity index is 1520. The molecule has 0 atom stereocenters. The summed E-state index contributed by atoms with van der Waals surface area (Å²) in [6, 6.07) is 10.5. The van der Waals surface area contributed by atoms with Crippen molar-refractivity contribution in [3.8, 4) is 11.1 Å². The van der Waals surface area contributed by atoms with Crippen LogP contribution in [0, 0.1) is 11.2 Å². The van der Waals surface area contributed by atoms with Crippen LogP contribution in [0.15, 0.2) is 60.7 Å². The summed E-state index contributed by atoms with van der Waals surface area (Å²) >= 11 is 6.13. The van der Waals surface area contributed by atoms with Gasteiger partial charge < -0.3 is 25.4 Å². The Morgan fingerprint density at radius 2 is 1.95 bits per heavy atom. The third-order valence-electron chi connectivity index (χ3n) is 7.83. The summed E-state index contributed by atoms with van der Waals surface area (Å²) in [5, 5.41) is 15.0. The van der Waals surface area contributed by atoms with E-state index in [0.29, 0.717) is 47.1 Å².